The van der Waals surface area contributed by atoms with Crippen LogP contribution in [0.3, 0.4) is 0 Å². The number of hydrogen-bond donors (Lipinski definition) is 1. The number of likely N-dealkylation sites (N-methyl/N-ethyl adjacent to an activating group) is 1. The number of allylic oxidation sites excluding steroid dienone is 19. The summed E-state index contributed by atoms with van der Waals surface area (Å²) in [7, 11) is 1.14. The van der Waals surface area contributed by atoms with Gasteiger partial charge in [0.25, 0.3) is 7.82 Å². The first-order valence-electron chi connectivity index (χ1n) is 31.8. The molecule has 0 bridgehead atoms. The Morgan fingerprint density at radius 1 is 0.456 bits per heavy atom. The van der Waals surface area contributed by atoms with Gasteiger partial charge in [0.1, 0.15) is 19.3 Å². The highest BCUT2D eigenvalue weighted by atomic mass is 31.2. The molecule has 0 radical (unpaired) electrons. The molecule has 3 atom stereocenters. The first kappa shape index (κ1) is 75.4. The summed E-state index contributed by atoms with van der Waals surface area (Å²) >= 11 is 0. The van der Waals surface area contributed by atoms with Crippen molar-refractivity contribution in [1.82, 2.24) is 5.32 Å². The summed E-state index contributed by atoms with van der Waals surface area (Å²) in [4.78, 5) is 40.0. The zero-order valence-electron chi connectivity index (χ0n) is 51.5. The first-order chi connectivity index (χ1) is 38.4. The second-order valence-corrected chi connectivity index (χ2v) is 23.6. The average molecular weight is 1120 g/mol. The van der Waals surface area contributed by atoms with Crippen LogP contribution in [0.5, 0.6) is 0 Å². The van der Waals surface area contributed by atoms with E-state index in [-0.39, 0.29) is 31.3 Å². The van der Waals surface area contributed by atoms with Crippen LogP contribution < -0.4 is 10.2 Å². The summed E-state index contributed by atoms with van der Waals surface area (Å²) in [6.45, 7) is 6.65. The zero-order valence-corrected chi connectivity index (χ0v) is 52.4. The van der Waals surface area contributed by atoms with Crippen LogP contribution in [-0.2, 0) is 27.9 Å². The van der Waals surface area contributed by atoms with Crippen LogP contribution in [0.2, 0.25) is 0 Å². The van der Waals surface area contributed by atoms with Gasteiger partial charge in [0.15, 0.2) is 0 Å². The van der Waals surface area contributed by atoms with Crippen molar-refractivity contribution in [2.45, 2.75) is 264 Å². The van der Waals surface area contributed by atoms with Crippen molar-refractivity contribution < 1.29 is 37.3 Å². The van der Waals surface area contributed by atoms with Gasteiger partial charge in [-0.15, -0.1) is 0 Å². The van der Waals surface area contributed by atoms with Crippen LogP contribution in [0.4, 0.5) is 0 Å². The quantitative estimate of drug-likeness (QED) is 0.0212. The Bertz CT molecular complexity index is 1770. The lowest BCUT2D eigenvalue weighted by Crippen LogP contribution is -2.47. The molecule has 1 N–H and O–H groups in total. The lowest BCUT2D eigenvalue weighted by atomic mass is 10.1. The fraction of sp³-hybridized carbons (Fsp3) is 0.681. The van der Waals surface area contributed by atoms with E-state index in [2.05, 4.69) is 135 Å². The predicted octanol–water partition coefficient (Wildman–Crippen LogP) is 19.3. The monoisotopic (exact) mass is 1120 g/mol. The highest BCUT2D eigenvalue weighted by Gasteiger charge is 2.27. The fourth-order valence-electron chi connectivity index (χ4n) is 8.47. The van der Waals surface area contributed by atoms with Crippen molar-refractivity contribution in [3.63, 3.8) is 0 Å². The van der Waals surface area contributed by atoms with Crippen molar-refractivity contribution in [2.24, 2.45) is 0 Å². The van der Waals surface area contributed by atoms with Crippen molar-refractivity contribution in [3.05, 3.63) is 122 Å². The Kier molecular flexibility index (Phi) is 55.0. The van der Waals surface area contributed by atoms with E-state index in [0.29, 0.717) is 23.9 Å². The number of nitrogens with one attached hydrogen (secondary N) is 1. The van der Waals surface area contributed by atoms with Crippen molar-refractivity contribution in [1.29, 1.82) is 0 Å². The smallest absolute Gasteiger partial charge is 0.306 e. The standard InChI is InChI=1S/C69H119N2O7P/c1-7-10-13-16-19-22-25-27-29-31-33-34-35-36-38-40-42-44-47-50-53-56-59-62-69(73)78-67(60-57-54-51-48-45-24-21-18-15-12-9-3)66(65-77-79(74,75)76-64-63-71(4,5)6)70-68(72)61-58-55-52-49-46-43-41-39-37-32-30-28-26-23-20-17-14-11-8-2/h10,13,19-20,22-23,27-30,33-34,36-39,42,44,57,60,66-67H,7-9,11-12,14-18,21,24-26,31-32,35,40-41,43,45-56,58-59,61-65H2,1-6H3,(H-,70,72,74,75)/b13-10-,22-19-,23-20-,29-27-,30-28-,34-33-,38-36-,39-37-,44-42-,60-57+. The van der Waals surface area contributed by atoms with Gasteiger partial charge in [-0.1, -0.05) is 239 Å². The number of esters is 1. The number of phosphoric ester groups is 1. The summed E-state index contributed by atoms with van der Waals surface area (Å²) in [6, 6.07) is -0.915. The number of carbonyl (C=O) groups excluding carboxylic acids is 2. The minimum atomic E-state index is -4.72. The van der Waals surface area contributed by atoms with Crippen LogP contribution in [0.25, 0.3) is 0 Å². The highest BCUT2D eigenvalue weighted by molar-refractivity contribution is 7.45. The highest BCUT2D eigenvalue weighted by Crippen LogP contribution is 2.38. The lowest BCUT2D eigenvalue weighted by Gasteiger charge is -2.30. The van der Waals surface area contributed by atoms with Crippen molar-refractivity contribution >= 4 is 19.7 Å². The van der Waals surface area contributed by atoms with Crippen molar-refractivity contribution in [3.8, 4) is 0 Å². The normalized spacial score (nSPS) is 14.5. The molecule has 0 spiro atoms. The molecule has 0 aromatic rings. The zero-order chi connectivity index (χ0) is 57.9. The number of quaternary nitrogens is 1. The molecule has 0 aliphatic carbocycles. The predicted molar refractivity (Wildman–Crippen MR) is 339 cm³/mol. The third-order valence-electron chi connectivity index (χ3n) is 13.4. The van der Waals surface area contributed by atoms with E-state index >= 15 is 0 Å². The van der Waals surface area contributed by atoms with Crippen molar-refractivity contribution in [2.75, 3.05) is 40.9 Å². The summed E-state index contributed by atoms with van der Waals surface area (Å²) in [5.74, 6) is -0.593. The second-order valence-electron chi connectivity index (χ2n) is 22.2. The molecule has 0 fully saturated rings. The molecule has 0 rings (SSSR count). The van der Waals surface area contributed by atoms with E-state index in [4.69, 9.17) is 13.8 Å². The number of rotatable bonds is 56. The largest absolute Gasteiger partial charge is 0.756 e. The summed E-state index contributed by atoms with van der Waals surface area (Å²) < 4.78 is 30.3. The van der Waals surface area contributed by atoms with E-state index in [1.165, 1.54) is 70.6 Å². The number of unbranched alkanes of at least 4 members (excludes halogenated alkanes) is 22. The Morgan fingerprint density at radius 2 is 0.810 bits per heavy atom. The van der Waals surface area contributed by atoms with E-state index in [9.17, 15) is 19.0 Å². The molecule has 3 unspecified atom stereocenters. The van der Waals surface area contributed by atoms with Gasteiger partial charge in [0.05, 0.1) is 33.8 Å². The Hall–Kier alpha value is -3.59. The number of carbonyl (C=O) groups is 2. The van der Waals surface area contributed by atoms with Gasteiger partial charge in [-0.3, -0.25) is 14.2 Å². The third-order valence-corrected chi connectivity index (χ3v) is 14.3. The molecular weight excluding hydrogens is 1000 g/mol. The van der Waals surface area contributed by atoms with Gasteiger partial charge in [-0.05, 0) is 122 Å². The average Bonchev–Trinajstić information content (AvgIpc) is 3.41. The van der Waals surface area contributed by atoms with Crippen LogP contribution in [0.1, 0.15) is 252 Å². The molecule has 9 nitrogen and oxygen atoms in total. The molecule has 452 valence electrons. The van der Waals surface area contributed by atoms with E-state index in [0.717, 1.165) is 135 Å². The molecular formula is C69H119N2O7P. The van der Waals surface area contributed by atoms with Gasteiger partial charge in [-0.2, -0.15) is 0 Å². The van der Waals surface area contributed by atoms with Gasteiger partial charge in [0, 0.05) is 12.8 Å². The van der Waals surface area contributed by atoms with Gasteiger partial charge < -0.3 is 28.5 Å². The van der Waals surface area contributed by atoms with Crippen LogP contribution >= 0.6 is 7.82 Å². The topological polar surface area (TPSA) is 114 Å². The SMILES string of the molecule is CC/C=C\C/C=C\C/C=C\C/C=C\C/C=C\C/C=C\CCCCCCC(=O)OC(/C=C/CCCCCCCCCCC)C(COP(=O)([O-])OCC[N+](C)(C)C)NC(=O)CCCCCCCC/C=C\C/C=C\C/C=C\CCCCC. The molecule has 1 amide bonds. The lowest BCUT2D eigenvalue weighted by molar-refractivity contribution is -0.870. The molecule has 0 saturated carbocycles. The van der Waals surface area contributed by atoms with Crippen LogP contribution in [0, 0.1) is 0 Å². The summed E-state index contributed by atoms with van der Waals surface area (Å²) in [6.07, 6.45) is 80.2. The number of amides is 1. The number of hydrogen-bond acceptors (Lipinski definition) is 7. The molecule has 0 aromatic carbocycles. The molecule has 10 heteroatoms. The van der Waals surface area contributed by atoms with Crippen LogP contribution in [-0.4, -0.2) is 69.4 Å². The first-order valence-corrected chi connectivity index (χ1v) is 33.3. The molecule has 0 aromatic heterocycles. The molecule has 0 heterocycles. The fourth-order valence-corrected chi connectivity index (χ4v) is 9.19. The Labute approximate surface area is 486 Å². The minimum absolute atomic E-state index is 0.0361. The Morgan fingerprint density at radius 3 is 1.24 bits per heavy atom. The minimum Gasteiger partial charge on any atom is -0.756 e. The maximum atomic E-state index is 13.5. The molecule has 0 aliphatic heterocycles. The van der Waals surface area contributed by atoms with Crippen LogP contribution in [0.15, 0.2) is 122 Å². The molecule has 0 aliphatic rings. The second kappa shape index (κ2) is 57.6. The van der Waals surface area contributed by atoms with E-state index in [1.807, 2.05) is 33.3 Å². The number of phosphoric acid groups is 1. The third kappa shape index (κ3) is 58.9. The maximum Gasteiger partial charge on any atom is 0.306 e. The Balaban J connectivity index is 5.28. The van der Waals surface area contributed by atoms with E-state index < -0.39 is 26.6 Å². The van der Waals surface area contributed by atoms with E-state index in [1.54, 1.807) is 0 Å². The molecule has 0 saturated heterocycles. The van der Waals surface area contributed by atoms with Gasteiger partial charge in [-0.25, -0.2) is 0 Å². The van der Waals surface area contributed by atoms with Gasteiger partial charge >= 0.3 is 5.97 Å². The van der Waals surface area contributed by atoms with Gasteiger partial charge in [0.2, 0.25) is 5.91 Å². The maximum absolute atomic E-state index is 13.5. The summed E-state index contributed by atoms with van der Waals surface area (Å²) in [5.41, 5.74) is 0. The number of nitrogens with zero attached hydrogens (tertiary/aromatic N) is 1. The number of ether oxygens (including phenoxy) is 1. The summed E-state index contributed by atoms with van der Waals surface area (Å²) in [5, 5.41) is 3.01. The molecule has 79 heavy (non-hydrogen) atoms.